The van der Waals surface area contributed by atoms with Crippen molar-refractivity contribution >= 4 is 40.7 Å². The Morgan fingerprint density at radius 3 is 2.33 bits per heavy atom. The molecule has 5 nitrogen and oxygen atoms in total. The predicted octanol–water partition coefficient (Wildman–Crippen LogP) is 2.32. The van der Waals surface area contributed by atoms with Crippen LogP contribution in [0.25, 0.3) is 0 Å². The van der Waals surface area contributed by atoms with Gasteiger partial charge in [0.2, 0.25) is 5.91 Å². The lowest BCUT2D eigenvalue weighted by molar-refractivity contribution is -0.129. The summed E-state index contributed by atoms with van der Waals surface area (Å²) >= 11 is 11.8. The first-order valence-corrected chi connectivity index (χ1v) is 7.55. The molecule has 0 atom stereocenters. The second-order valence-corrected chi connectivity index (χ2v) is 5.76. The minimum atomic E-state index is -0.326. The lowest BCUT2D eigenvalue weighted by atomic mass is 10.2. The Labute approximate surface area is 133 Å². The number of likely N-dealkylation sites (tertiary alicyclic amines) is 1. The molecule has 2 rings (SSSR count). The second kappa shape index (κ2) is 7.00. The van der Waals surface area contributed by atoms with Crippen LogP contribution in [0.5, 0.6) is 0 Å². The van der Waals surface area contributed by atoms with E-state index in [9.17, 15) is 9.59 Å². The quantitative estimate of drug-likeness (QED) is 0.832. The standard InChI is InChI=1S/C14H17Cl2N3O2/c15-10-7-9(8-11(16)13(10)17)14(21)18-4-3-12(20)19-5-1-2-6-19/h7-8H,1-6,17H2,(H,18,21). The molecular formula is C14H17Cl2N3O2. The Morgan fingerprint density at radius 2 is 1.76 bits per heavy atom. The van der Waals surface area contributed by atoms with Crippen LogP contribution in [0.2, 0.25) is 10.0 Å². The van der Waals surface area contributed by atoms with Crippen molar-refractivity contribution in [3.63, 3.8) is 0 Å². The van der Waals surface area contributed by atoms with Gasteiger partial charge in [-0.05, 0) is 25.0 Å². The summed E-state index contributed by atoms with van der Waals surface area (Å²) in [5.74, 6) is -0.255. The normalized spacial score (nSPS) is 14.3. The summed E-state index contributed by atoms with van der Waals surface area (Å²) in [6.07, 6.45) is 2.41. The number of nitrogens with zero attached hydrogens (tertiary/aromatic N) is 1. The highest BCUT2D eigenvalue weighted by Crippen LogP contribution is 2.28. The maximum absolute atomic E-state index is 12.0. The van der Waals surface area contributed by atoms with Crippen molar-refractivity contribution < 1.29 is 9.59 Å². The van der Waals surface area contributed by atoms with Crippen molar-refractivity contribution in [1.82, 2.24) is 10.2 Å². The fraction of sp³-hybridized carbons (Fsp3) is 0.429. The number of amides is 2. The molecule has 0 unspecified atom stereocenters. The smallest absolute Gasteiger partial charge is 0.251 e. The highest BCUT2D eigenvalue weighted by Gasteiger charge is 2.18. The van der Waals surface area contributed by atoms with Gasteiger partial charge in [0.1, 0.15) is 0 Å². The summed E-state index contributed by atoms with van der Waals surface area (Å²) in [4.78, 5) is 25.6. The zero-order valence-electron chi connectivity index (χ0n) is 11.5. The molecule has 1 aromatic rings. The van der Waals surface area contributed by atoms with E-state index >= 15 is 0 Å². The molecule has 114 valence electrons. The minimum Gasteiger partial charge on any atom is -0.396 e. The Kier molecular flexibility index (Phi) is 5.31. The molecule has 1 saturated heterocycles. The Hall–Kier alpha value is -1.46. The first kappa shape index (κ1) is 15.9. The molecular weight excluding hydrogens is 313 g/mol. The minimum absolute atomic E-state index is 0.0705. The van der Waals surface area contributed by atoms with E-state index < -0.39 is 0 Å². The highest BCUT2D eigenvalue weighted by atomic mass is 35.5. The van der Waals surface area contributed by atoms with Gasteiger partial charge in [0.15, 0.2) is 0 Å². The number of hydrogen-bond donors (Lipinski definition) is 2. The number of hydrogen-bond acceptors (Lipinski definition) is 3. The summed E-state index contributed by atoms with van der Waals surface area (Å²) < 4.78 is 0. The van der Waals surface area contributed by atoms with Crippen LogP contribution in [-0.4, -0.2) is 36.3 Å². The van der Waals surface area contributed by atoms with Gasteiger partial charge in [-0.1, -0.05) is 23.2 Å². The number of rotatable bonds is 4. The Morgan fingerprint density at radius 1 is 1.19 bits per heavy atom. The molecule has 1 fully saturated rings. The fourth-order valence-electron chi connectivity index (χ4n) is 2.23. The first-order valence-electron chi connectivity index (χ1n) is 6.79. The van der Waals surface area contributed by atoms with E-state index in [-0.39, 0.29) is 34.1 Å². The summed E-state index contributed by atoms with van der Waals surface area (Å²) in [7, 11) is 0. The molecule has 3 N–H and O–H groups in total. The number of carbonyl (C=O) groups excluding carboxylic acids is 2. The largest absolute Gasteiger partial charge is 0.396 e. The number of nitrogen functional groups attached to an aromatic ring is 1. The number of carbonyl (C=O) groups is 2. The number of nitrogens with one attached hydrogen (secondary N) is 1. The van der Waals surface area contributed by atoms with Gasteiger partial charge in [-0.25, -0.2) is 0 Å². The predicted molar refractivity (Wildman–Crippen MR) is 83.6 cm³/mol. The lowest BCUT2D eigenvalue weighted by Crippen LogP contribution is -2.32. The number of halogens is 2. The average Bonchev–Trinajstić information content (AvgIpc) is 2.98. The lowest BCUT2D eigenvalue weighted by Gasteiger charge is -2.15. The van der Waals surface area contributed by atoms with Crippen LogP contribution in [0.4, 0.5) is 5.69 Å². The van der Waals surface area contributed by atoms with Gasteiger partial charge in [0, 0.05) is 31.6 Å². The van der Waals surface area contributed by atoms with Crippen molar-refractivity contribution in [2.45, 2.75) is 19.3 Å². The van der Waals surface area contributed by atoms with E-state index in [0.717, 1.165) is 25.9 Å². The third-order valence-electron chi connectivity index (χ3n) is 3.42. The maximum Gasteiger partial charge on any atom is 0.251 e. The molecule has 2 amide bonds. The second-order valence-electron chi connectivity index (χ2n) is 4.95. The van der Waals surface area contributed by atoms with Crippen LogP contribution in [-0.2, 0) is 4.79 Å². The molecule has 0 bridgehead atoms. The van der Waals surface area contributed by atoms with Gasteiger partial charge in [0.05, 0.1) is 15.7 Å². The van der Waals surface area contributed by atoms with Gasteiger partial charge in [0.25, 0.3) is 5.91 Å². The van der Waals surface area contributed by atoms with E-state index in [2.05, 4.69) is 5.32 Å². The van der Waals surface area contributed by atoms with Crippen molar-refractivity contribution in [2.75, 3.05) is 25.4 Å². The molecule has 0 saturated carbocycles. The molecule has 21 heavy (non-hydrogen) atoms. The zero-order chi connectivity index (χ0) is 15.4. The molecule has 0 radical (unpaired) electrons. The third kappa shape index (κ3) is 4.02. The summed E-state index contributed by atoms with van der Waals surface area (Å²) in [6.45, 7) is 1.92. The summed E-state index contributed by atoms with van der Waals surface area (Å²) in [5, 5.41) is 3.16. The van der Waals surface area contributed by atoms with Crippen LogP contribution in [0.3, 0.4) is 0 Å². The molecule has 7 heteroatoms. The number of anilines is 1. The number of nitrogens with two attached hydrogens (primary N) is 1. The van der Waals surface area contributed by atoms with Gasteiger partial charge in [-0.2, -0.15) is 0 Å². The molecule has 1 aliphatic rings. The van der Waals surface area contributed by atoms with Gasteiger partial charge in [-0.3, -0.25) is 9.59 Å². The van der Waals surface area contributed by atoms with Crippen LogP contribution in [0.15, 0.2) is 12.1 Å². The van der Waals surface area contributed by atoms with E-state index in [0.29, 0.717) is 12.0 Å². The van der Waals surface area contributed by atoms with Crippen LogP contribution >= 0.6 is 23.2 Å². The van der Waals surface area contributed by atoms with Crippen LogP contribution in [0, 0.1) is 0 Å². The topological polar surface area (TPSA) is 75.4 Å². The molecule has 0 aromatic heterocycles. The Balaban J connectivity index is 1.86. The average molecular weight is 330 g/mol. The highest BCUT2D eigenvalue weighted by molar-refractivity contribution is 6.39. The summed E-state index contributed by atoms with van der Waals surface area (Å²) in [6, 6.07) is 2.92. The van der Waals surface area contributed by atoms with Crippen molar-refractivity contribution in [2.24, 2.45) is 0 Å². The van der Waals surface area contributed by atoms with E-state index in [1.165, 1.54) is 12.1 Å². The van der Waals surface area contributed by atoms with Gasteiger partial charge >= 0.3 is 0 Å². The SMILES string of the molecule is Nc1c(Cl)cc(C(=O)NCCC(=O)N2CCCC2)cc1Cl. The molecule has 0 spiro atoms. The number of benzene rings is 1. The molecule has 1 heterocycles. The Bertz CT molecular complexity index is 534. The molecule has 1 aromatic carbocycles. The third-order valence-corrected chi connectivity index (χ3v) is 4.05. The van der Waals surface area contributed by atoms with E-state index in [1.807, 2.05) is 4.90 Å². The van der Waals surface area contributed by atoms with E-state index in [4.69, 9.17) is 28.9 Å². The van der Waals surface area contributed by atoms with Gasteiger partial charge in [-0.15, -0.1) is 0 Å². The maximum atomic E-state index is 12.0. The van der Waals surface area contributed by atoms with Crippen molar-refractivity contribution in [3.8, 4) is 0 Å². The monoisotopic (exact) mass is 329 g/mol. The van der Waals surface area contributed by atoms with Gasteiger partial charge < -0.3 is 16.0 Å². The zero-order valence-corrected chi connectivity index (χ0v) is 13.0. The molecule has 1 aliphatic heterocycles. The van der Waals surface area contributed by atoms with Crippen LogP contribution in [0.1, 0.15) is 29.6 Å². The first-order chi connectivity index (χ1) is 9.99. The van der Waals surface area contributed by atoms with Crippen molar-refractivity contribution in [3.05, 3.63) is 27.7 Å². The van der Waals surface area contributed by atoms with Crippen molar-refractivity contribution in [1.29, 1.82) is 0 Å². The van der Waals surface area contributed by atoms with E-state index in [1.54, 1.807) is 0 Å². The fourth-order valence-corrected chi connectivity index (χ4v) is 2.71. The molecule has 0 aliphatic carbocycles. The van der Waals surface area contributed by atoms with Crippen LogP contribution < -0.4 is 11.1 Å². The summed E-state index contributed by atoms with van der Waals surface area (Å²) in [5.41, 5.74) is 6.19.